The molecule has 0 heterocycles. The zero-order valence-corrected chi connectivity index (χ0v) is 16.4. The van der Waals surface area contributed by atoms with Gasteiger partial charge in [-0.3, -0.25) is 0 Å². The van der Waals surface area contributed by atoms with Crippen molar-refractivity contribution in [3.05, 3.63) is 12.3 Å². The van der Waals surface area contributed by atoms with Crippen LogP contribution >= 0.6 is 7.82 Å². The van der Waals surface area contributed by atoms with Gasteiger partial charge in [-0.05, 0) is 21.5 Å². The Kier molecular flexibility index (Phi) is 20.4. The summed E-state index contributed by atoms with van der Waals surface area (Å²) >= 11 is 0. The van der Waals surface area contributed by atoms with E-state index in [1.54, 1.807) is 0 Å². The fourth-order valence-corrected chi connectivity index (χ4v) is 1.40. The molecule has 12 heteroatoms. The topological polar surface area (TPSA) is 142 Å². The molecule has 0 saturated heterocycles. The molecule has 0 spiro atoms. The van der Waals surface area contributed by atoms with Crippen molar-refractivity contribution in [2.24, 2.45) is 5.92 Å². The summed E-state index contributed by atoms with van der Waals surface area (Å²) in [5, 5.41) is 13.1. The molecule has 0 amide bonds. The molecule has 0 aliphatic carbocycles. The summed E-state index contributed by atoms with van der Waals surface area (Å²) in [6.45, 7) is 8.28. The van der Waals surface area contributed by atoms with Crippen molar-refractivity contribution in [3.63, 3.8) is 0 Å². The van der Waals surface area contributed by atoms with E-state index < -0.39 is 7.82 Å². The normalized spacial score (nSPS) is 12.2. The highest BCUT2D eigenvalue weighted by Crippen LogP contribution is 2.25. The lowest BCUT2D eigenvalue weighted by atomic mass is 10.1. The number of hydrogen-bond acceptors (Lipinski definition) is 8. The van der Waals surface area contributed by atoms with E-state index in [2.05, 4.69) is 38.4 Å². The first-order valence-electron chi connectivity index (χ1n) is 8.14. The lowest BCUT2D eigenvalue weighted by Gasteiger charge is -2.11. The van der Waals surface area contributed by atoms with E-state index >= 15 is 0 Å². The SMILES string of the molecule is C=C(OOOC)C(C)COOOOCCCCCCCC.O=P(O)(O)O. The third-order valence-corrected chi connectivity index (χ3v) is 2.78. The Morgan fingerprint density at radius 2 is 1.54 bits per heavy atom. The van der Waals surface area contributed by atoms with E-state index in [1.807, 2.05) is 6.92 Å². The Hall–Kier alpha value is -0.590. The highest BCUT2D eigenvalue weighted by atomic mass is 31.2. The van der Waals surface area contributed by atoms with Crippen LogP contribution in [0.2, 0.25) is 0 Å². The van der Waals surface area contributed by atoms with Gasteiger partial charge in [-0.2, -0.15) is 4.89 Å². The van der Waals surface area contributed by atoms with Crippen LogP contribution in [0.1, 0.15) is 52.4 Å². The van der Waals surface area contributed by atoms with Crippen LogP contribution in [0.25, 0.3) is 0 Å². The molecule has 0 aromatic carbocycles. The van der Waals surface area contributed by atoms with Crippen molar-refractivity contribution in [3.8, 4) is 0 Å². The van der Waals surface area contributed by atoms with Gasteiger partial charge in [-0.15, -0.1) is 0 Å². The van der Waals surface area contributed by atoms with E-state index in [9.17, 15) is 0 Å². The molecule has 1 unspecified atom stereocenters. The molecule has 0 rings (SSSR count). The van der Waals surface area contributed by atoms with Crippen LogP contribution in [-0.2, 0) is 39.2 Å². The van der Waals surface area contributed by atoms with Crippen LogP contribution in [0.5, 0.6) is 0 Å². The molecule has 0 saturated carbocycles. The molecule has 0 aromatic heterocycles. The molecule has 3 N–H and O–H groups in total. The first-order valence-corrected chi connectivity index (χ1v) is 9.71. The van der Waals surface area contributed by atoms with Crippen LogP contribution in [0.3, 0.4) is 0 Å². The van der Waals surface area contributed by atoms with Gasteiger partial charge in [0.05, 0.1) is 20.3 Å². The highest BCUT2D eigenvalue weighted by molar-refractivity contribution is 7.45. The molecule has 0 aliphatic heterocycles. The van der Waals surface area contributed by atoms with E-state index in [4.69, 9.17) is 29.0 Å². The molecule has 0 fully saturated rings. The van der Waals surface area contributed by atoms with Gasteiger partial charge >= 0.3 is 7.82 Å². The number of hydrogen-bond donors (Lipinski definition) is 3. The van der Waals surface area contributed by atoms with Gasteiger partial charge in [0, 0.05) is 5.92 Å². The third kappa shape index (κ3) is 28.2. The van der Waals surface area contributed by atoms with E-state index in [0.717, 1.165) is 12.8 Å². The fraction of sp³-hybridized carbons (Fsp3) is 0.857. The largest absolute Gasteiger partial charge is 0.466 e. The summed E-state index contributed by atoms with van der Waals surface area (Å²) < 4.78 is 8.88. The Morgan fingerprint density at radius 3 is 2.12 bits per heavy atom. The molecule has 0 radical (unpaired) electrons. The first kappa shape index (κ1) is 27.6. The monoisotopic (exact) mass is 406 g/mol. The second-order valence-corrected chi connectivity index (χ2v) is 6.24. The summed E-state index contributed by atoms with van der Waals surface area (Å²) in [4.78, 5) is 40.1. The highest BCUT2D eigenvalue weighted by Gasteiger charge is 2.10. The summed E-state index contributed by atoms with van der Waals surface area (Å²) in [6, 6.07) is 0. The van der Waals surface area contributed by atoms with Gasteiger partial charge in [-0.1, -0.05) is 52.5 Å². The molecule has 158 valence electrons. The van der Waals surface area contributed by atoms with Crippen LogP contribution in [-0.4, -0.2) is 35.0 Å². The van der Waals surface area contributed by atoms with Gasteiger partial charge in [-0.25, -0.2) is 14.3 Å². The maximum Gasteiger partial charge on any atom is 0.466 e. The van der Waals surface area contributed by atoms with E-state index in [0.29, 0.717) is 12.4 Å². The van der Waals surface area contributed by atoms with Gasteiger partial charge in [0.2, 0.25) is 0 Å². The predicted octanol–water partition coefficient (Wildman–Crippen LogP) is 2.89. The lowest BCUT2D eigenvalue weighted by Crippen LogP contribution is -2.11. The Labute approximate surface area is 153 Å². The Balaban J connectivity index is 0. The predicted molar refractivity (Wildman–Crippen MR) is 89.2 cm³/mol. The third-order valence-electron chi connectivity index (χ3n) is 2.78. The van der Waals surface area contributed by atoms with E-state index in [-0.39, 0.29) is 12.5 Å². The molecule has 0 aromatic rings. The summed E-state index contributed by atoms with van der Waals surface area (Å²) in [6.07, 6.45) is 7.08. The van der Waals surface area contributed by atoms with Crippen LogP contribution < -0.4 is 0 Å². The van der Waals surface area contributed by atoms with Crippen molar-refractivity contribution in [1.82, 2.24) is 0 Å². The second-order valence-electron chi connectivity index (χ2n) is 5.21. The van der Waals surface area contributed by atoms with Gasteiger partial charge in [0.25, 0.3) is 0 Å². The lowest BCUT2D eigenvalue weighted by molar-refractivity contribution is -0.635. The number of rotatable bonds is 16. The summed E-state index contributed by atoms with van der Waals surface area (Å²) in [5.41, 5.74) is 0. The molecule has 1 atom stereocenters. The Bertz CT molecular complexity index is 353. The van der Waals surface area contributed by atoms with Gasteiger partial charge in [0.1, 0.15) is 5.76 Å². The first-order chi connectivity index (χ1) is 12.2. The molecule has 26 heavy (non-hydrogen) atoms. The molecule has 0 bridgehead atoms. The zero-order chi connectivity index (χ0) is 20.3. The van der Waals surface area contributed by atoms with Crippen molar-refractivity contribution in [2.45, 2.75) is 52.4 Å². The number of unbranched alkanes of at least 4 members (excludes halogenated alkanes) is 5. The van der Waals surface area contributed by atoms with Crippen molar-refractivity contribution < 1.29 is 53.9 Å². The Morgan fingerprint density at radius 1 is 1.00 bits per heavy atom. The molecule has 11 nitrogen and oxygen atoms in total. The minimum atomic E-state index is -4.64. The van der Waals surface area contributed by atoms with Crippen molar-refractivity contribution in [2.75, 3.05) is 20.3 Å². The molecule has 0 aliphatic rings. The van der Waals surface area contributed by atoms with E-state index in [1.165, 1.54) is 32.8 Å². The van der Waals surface area contributed by atoms with Crippen molar-refractivity contribution in [1.29, 1.82) is 0 Å². The maximum atomic E-state index is 8.88. The minimum Gasteiger partial charge on any atom is -0.313 e. The standard InChI is InChI=1S/C14H28O7.H3O4P/c1-5-6-7-8-9-10-11-16-20-21-17-12-13(2)14(3)18-19-15-4;1-5(2,3)4/h13H,3,5-12H2,1-2,4H3;(H3,1,2,3,4). The summed E-state index contributed by atoms with van der Waals surface area (Å²) in [7, 11) is -3.31. The quantitative estimate of drug-likeness (QED) is 0.114. The fourth-order valence-electron chi connectivity index (χ4n) is 1.40. The maximum absolute atomic E-state index is 8.88. The second kappa shape index (κ2) is 19.2. The minimum absolute atomic E-state index is 0.165. The summed E-state index contributed by atoms with van der Waals surface area (Å²) in [5.74, 6) is 0.177. The molecular formula is C14H31O11P. The molecular weight excluding hydrogens is 375 g/mol. The average Bonchev–Trinajstić information content (AvgIpc) is 2.55. The van der Waals surface area contributed by atoms with Crippen molar-refractivity contribution >= 4 is 7.82 Å². The van der Waals surface area contributed by atoms with Crippen LogP contribution in [0.15, 0.2) is 12.3 Å². The smallest absolute Gasteiger partial charge is 0.313 e. The van der Waals surface area contributed by atoms with Gasteiger partial charge < -0.3 is 19.6 Å². The average molecular weight is 406 g/mol. The number of phosphoric acid groups is 1. The van der Waals surface area contributed by atoms with Gasteiger partial charge in [0.15, 0.2) is 0 Å². The van der Waals surface area contributed by atoms with Crippen LogP contribution in [0.4, 0.5) is 0 Å². The van der Waals surface area contributed by atoms with Crippen LogP contribution in [0, 0.1) is 5.92 Å². The zero-order valence-electron chi connectivity index (χ0n) is 15.5.